The average molecular weight is 374 g/mol. The average Bonchev–Trinajstić information content (AvgIpc) is 3.47. The minimum absolute atomic E-state index is 0.108. The van der Waals surface area contributed by atoms with Crippen molar-refractivity contribution in [3.05, 3.63) is 29.8 Å². The summed E-state index contributed by atoms with van der Waals surface area (Å²) in [6.07, 6.45) is 1.74. The third-order valence-electron chi connectivity index (χ3n) is 4.83. The molecule has 0 radical (unpaired) electrons. The molecule has 2 fully saturated rings. The molecule has 27 heavy (non-hydrogen) atoms. The van der Waals surface area contributed by atoms with Crippen LogP contribution in [0.5, 0.6) is 5.75 Å². The van der Waals surface area contributed by atoms with E-state index in [0.717, 1.165) is 17.7 Å². The molecular weight excluding hydrogens is 352 g/mol. The van der Waals surface area contributed by atoms with Gasteiger partial charge in [0.05, 0.1) is 6.61 Å². The molecule has 2 aliphatic rings. The van der Waals surface area contributed by atoms with Crippen LogP contribution in [0.25, 0.3) is 0 Å². The zero-order chi connectivity index (χ0) is 19.6. The van der Waals surface area contributed by atoms with E-state index in [1.54, 1.807) is 31.2 Å². The van der Waals surface area contributed by atoms with E-state index in [1.807, 2.05) is 6.92 Å². The van der Waals surface area contributed by atoms with Crippen LogP contribution < -0.4 is 10.1 Å². The molecule has 0 bridgehead atoms. The molecule has 1 saturated heterocycles. The number of hydrogen-bond acceptors (Lipinski definition) is 6. The van der Waals surface area contributed by atoms with Gasteiger partial charge in [0.1, 0.15) is 17.8 Å². The summed E-state index contributed by atoms with van der Waals surface area (Å²) in [6.45, 7) is 3.08. The zero-order valence-corrected chi connectivity index (χ0v) is 15.3. The third-order valence-corrected chi connectivity index (χ3v) is 4.83. The lowest BCUT2D eigenvalue weighted by Crippen LogP contribution is -2.46. The van der Waals surface area contributed by atoms with Gasteiger partial charge in [-0.2, -0.15) is 0 Å². The number of ketones is 1. The summed E-state index contributed by atoms with van der Waals surface area (Å²) < 4.78 is 10.2. The molecule has 144 valence electrons. The quantitative estimate of drug-likeness (QED) is 0.421. The van der Waals surface area contributed by atoms with Crippen LogP contribution in [0.1, 0.15) is 37.0 Å². The lowest BCUT2D eigenvalue weighted by atomic mass is 9.96. The highest BCUT2D eigenvalue weighted by Gasteiger charge is 2.56. The Labute approximate surface area is 156 Å². The van der Waals surface area contributed by atoms with Crippen molar-refractivity contribution in [2.75, 3.05) is 19.8 Å². The first kappa shape index (κ1) is 18.9. The lowest BCUT2D eigenvalue weighted by molar-refractivity contribution is -0.146. The number of carbonyl (C=O) groups excluding carboxylic acids is 4. The topological polar surface area (TPSA) is 102 Å². The summed E-state index contributed by atoms with van der Waals surface area (Å²) in [4.78, 5) is 49.4. The number of carbonyl (C=O) groups is 4. The number of imide groups is 1. The van der Waals surface area contributed by atoms with E-state index >= 15 is 0 Å². The van der Waals surface area contributed by atoms with Crippen molar-refractivity contribution in [1.29, 1.82) is 0 Å². The van der Waals surface area contributed by atoms with Crippen molar-refractivity contribution in [3.63, 3.8) is 0 Å². The number of urea groups is 1. The highest BCUT2D eigenvalue weighted by Crippen LogP contribution is 2.42. The zero-order valence-electron chi connectivity index (χ0n) is 15.3. The maximum absolute atomic E-state index is 12.5. The van der Waals surface area contributed by atoms with Gasteiger partial charge in [0.25, 0.3) is 5.91 Å². The number of hydrogen-bond donors (Lipinski definition) is 1. The van der Waals surface area contributed by atoms with Crippen molar-refractivity contribution in [3.8, 4) is 5.75 Å². The minimum Gasteiger partial charge on any atom is -0.494 e. The fourth-order valence-corrected chi connectivity index (χ4v) is 3.10. The number of Topliss-reactive ketones (excluding diaryl/α,β-unsaturated/α-hetero) is 1. The molecule has 1 aromatic carbocycles. The molecule has 1 N–H and O–H groups in total. The van der Waals surface area contributed by atoms with Crippen LogP contribution in [0.4, 0.5) is 4.79 Å². The van der Waals surface area contributed by atoms with Crippen LogP contribution in [0.2, 0.25) is 0 Å². The molecule has 3 amide bonds. The number of ether oxygens (including phenoxy) is 2. The highest BCUT2D eigenvalue weighted by molar-refractivity contribution is 6.09. The molecule has 1 saturated carbocycles. The van der Waals surface area contributed by atoms with Gasteiger partial charge in [0.15, 0.2) is 12.4 Å². The van der Waals surface area contributed by atoms with Crippen LogP contribution in [-0.4, -0.2) is 53.9 Å². The second kappa shape index (κ2) is 7.38. The molecule has 1 aliphatic heterocycles. The van der Waals surface area contributed by atoms with Crippen molar-refractivity contribution in [2.45, 2.75) is 32.2 Å². The van der Waals surface area contributed by atoms with Crippen molar-refractivity contribution in [1.82, 2.24) is 10.2 Å². The number of rotatable bonds is 8. The van der Waals surface area contributed by atoms with E-state index < -0.39 is 36.6 Å². The van der Waals surface area contributed by atoms with Gasteiger partial charge in [-0.3, -0.25) is 19.3 Å². The number of nitrogens with zero attached hydrogens (tertiary/aromatic N) is 1. The Morgan fingerprint density at radius 2 is 1.89 bits per heavy atom. The van der Waals surface area contributed by atoms with E-state index in [9.17, 15) is 19.2 Å². The first-order valence-corrected chi connectivity index (χ1v) is 8.91. The highest BCUT2D eigenvalue weighted by atomic mass is 16.5. The van der Waals surface area contributed by atoms with Crippen LogP contribution in [0, 0.1) is 5.92 Å². The van der Waals surface area contributed by atoms with Gasteiger partial charge < -0.3 is 14.8 Å². The monoisotopic (exact) mass is 374 g/mol. The summed E-state index contributed by atoms with van der Waals surface area (Å²) in [6, 6.07) is 5.87. The lowest BCUT2D eigenvalue weighted by Gasteiger charge is -2.20. The predicted molar refractivity (Wildman–Crippen MR) is 94.3 cm³/mol. The van der Waals surface area contributed by atoms with Crippen molar-refractivity contribution < 1.29 is 28.7 Å². The van der Waals surface area contributed by atoms with E-state index in [2.05, 4.69) is 5.32 Å². The van der Waals surface area contributed by atoms with E-state index in [0.29, 0.717) is 17.9 Å². The summed E-state index contributed by atoms with van der Waals surface area (Å²) in [5.41, 5.74) is -0.572. The molecule has 0 aromatic heterocycles. The Bertz CT molecular complexity index is 771. The van der Waals surface area contributed by atoms with Crippen LogP contribution in [0.3, 0.4) is 0 Å². The number of esters is 1. The minimum atomic E-state index is -0.949. The Hall–Kier alpha value is -2.90. The van der Waals surface area contributed by atoms with Gasteiger partial charge in [-0.15, -0.1) is 0 Å². The normalized spacial score (nSPS) is 21.8. The number of benzene rings is 1. The molecule has 1 heterocycles. The van der Waals surface area contributed by atoms with Crippen LogP contribution >= 0.6 is 0 Å². The molecule has 3 rings (SSSR count). The summed E-state index contributed by atoms with van der Waals surface area (Å²) >= 11 is 0. The smallest absolute Gasteiger partial charge is 0.326 e. The van der Waals surface area contributed by atoms with Crippen molar-refractivity contribution in [2.24, 2.45) is 5.92 Å². The predicted octanol–water partition coefficient (Wildman–Crippen LogP) is 1.53. The Morgan fingerprint density at radius 1 is 1.22 bits per heavy atom. The molecule has 1 aromatic rings. The SMILES string of the molecule is CCOc1ccc(C(=O)COC(=O)CN2C(=O)N[C@](C)(C3CC3)C2=O)cc1. The number of amides is 3. The molecule has 8 nitrogen and oxygen atoms in total. The van der Waals surface area contributed by atoms with Crippen LogP contribution in [0.15, 0.2) is 24.3 Å². The van der Waals surface area contributed by atoms with Gasteiger partial charge >= 0.3 is 12.0 Å². The first-order valence-electron chi connectivity index (χ1n) is 8.91. The molecule has 8 heteroatoms. The molecule has 0 unspecified atom stereocenters. The van der Waals surface area contributed by atoms with E-state index in [4.69, 9.17) is 9.47 Å². The first-order chi connectivity index (χ1) is 12.8. The second-order valence-electron chi connectivity index (χ2n) is 6.84. The Balaban J connectivity index is 1.51. The Morgan fingerprint density at radius 3 is 2.48 bits per heavy atom. The van der Waals surface area contributed by atoms with Crippen LogP contribution in [-0.2, 0) is 14.3 Å². The number of nitrogens with one attached hydrogen (secondary N) is 1. The third kappa shape index (κ3) is 3.94. The molecular formula is C19H22N2O6. The fraction of sp³-hybridized carbons (Fsp3) is 0.474. The van der Waals surface area contributed by atoms with E-state index in [1.165, 1.54) is 0 Å². The maximum Gasteiger partial charge on any atom is 0.326 e. The Kier molecular flexibility index (Phi) is 5.16. The maximum atomic E-state index is 12.5. The standard InChI is InChI=1S/C19H22N2O6/c1-3-26-14-8-4-12(5-9-14)15(22)11-27-16(23)10-21-17(24)19(2,13-6-7-13)20-18(21)25/h4-5,8-9,13H,3,6-7,10-11H2,1-2H3,(H,20,25)/t19-/m1/s1. The van der Waals surface area contributed by atoms with Gasteiger partial charge in [-0.25, -0.2) is 4.79 Å². The van der Waals surface area contributed by atoms with Gasteiger partial charge in [-0.1, -0.05) is 0 Å². The van der Waals surface area contributed by atoms with Gasteiger partial charge in [-0.05, 0) is 56.9 Å². The van der Waals surface area contributed by atoms with E-state index in [-0.39, 0.29) is 11.7 Å². The van der Waals surface area contributed by atoms with Crippen molar-refractivity contribution >= 4 is 23.7 Å². The molecule has 1 atom stereocenters. The molecule has 1 aliphatic carbocycles. The van der Waals surface area contributed by atoms with Gasteiger partial charge in [0.2, 0.25) is 0 Å². The second-order valence-corrected chi connectivity index (χ2v) is 6.84. The fourth-order valence-electron chi connectivity index (χ4n) is 3.10. The van der Waals surface area contributed by atoms with Gasteiger partial charge in [0, 0.05) is 5.56 Å². The molecule has 0 spiro atoms. The summed E-state index contributed by atoms with van der Waals surface area (Å²) in [5.74, 6) is -0.867. The summed E-state index contributed by atoms with van der Waals surface area (Å²) in [7, 11) is 0. The summed E-state index contributed by atoms with van der Waals surface area (Å²) in [5, 5.41) is 2.65. The largest absolute Gasteiger partial charge is 0.494 e.